The molecule has 28 heavy (non-hydrogen) atoms. The molecule has 7 nitrogen and oxygen atoms in total. The lowest BCUT2D eigenvalue weighted by molar-refractivity contribution is -0.126. The summed E-state index contributed by atoms with van der Waals surface area (Å²) in [7, 11) is 0. The van der Waals surface area contributed by atoms with E-state index in [1.165, 1.54) is 0 Å². The number of esters is 1. The van der Waals surface area contributed by atoms with Crippen LogP contribution in [0.1, 0.15) is 29.8 Å². The van der Waals surface area contributed by atoms with E-state index in [9.17, 15) is 14.4 Å². The Hall–Kier alpha value is -3.35. The van der Waals surface area contributed by atoms with Gasteiger partial charge in [0.25, 0.3) is 5.91 Å². The molecule has 0 atom stereocenters. The fourth-order valence-corrected chi connectivity index (χ4v) is 2.44. The first-order valence-corrected chi connectivity index (χ1v) is 9.08. The zero-order valence-corrected chi connectivity index (χ0v) is 16.0. The number of rotatable bonds is 9. The SMILES string of the molecule is CCOc1ccc(C(=O)OCC(=O)NCC(=O)Nc2ccccc2CC)cc1. The Morgan fingerprint density at radius 2 is 1.64 bits per heavy atom. The van der Waals surface area contributed by atoms with Crippen LogP contribution < -0.4 is 15.4 Å². The van der Waals surface area contributed by atoms with E-state index >= 15 is 0 Å². The monoisotopic (exact) mass is 384 g/mol. The molecule has 0 bridgehead atoms. The third-order valence-electron chi connectivity index (χ3n) is 3.85. The maximum absolute atomic E-state index is 12.0. The van der Waals surface area contributed by atoms with Crippen LogP contribution in [0.5, 0.6) is 5.75 Å². The number of benzene rings is 2. The molecule has 2 amide bonds. The lowest BCUT2D eigenvalue weighted by Gasteiger charge is -2.10. The molecule has 0 saturated heterocycles. The standard InChI is InChI=1S/C21H24N2O5/c1-3-15-7-5-6-8-18(15)23-19(24)13-22-20(25)14-28-21(26)16-9-11-17(12-10-16)27-4-2/h5-12H,3-4,13-14H2,1-2H3,(H,22,25)(H,23,24). The molecule has 0 aliphatic rings. The lowest BCUT2D eigenvalue weighted by atomic mass is 10.1. The summed E-state index contributed by atoms with van der Waals surface area (Å²) in [5.41, 5.74) is 2.03. The van der Waals surface area contributed by atoms with Gasteiger partial charge >= 0.3 is 5.97 Å². The number of anilines is 1. The molecule has 0 aromatic heterocycles. The maximum Gasteiger partial charge on any atom is 0.338 e. The number of carbonyl (C=O) groups excluding carboxylic acids is 3. The minimum Gasteiger partial charge on any atom is -0.494 e. The number of hydrogen-bond acceptors (Lipinski definition) is 5. The van der Waals surface area contributed by atoms with E-state index in [-0.39, 0.29) is 12.5 Å². The van der Waals surface area contributed by atoms with Crippen molar-refractivity contribution in [3.63, 3.8) is 0 Å². The highest BCUT2D eigenvalue weighted by Crippen LogP contribution is 2.15. The minimum absolute atomic E-state index is 0.211. The molecule has 0 radical (unpaired) electrons. The van der Waals surface area contributed by atoms with Gasteiger partial charge in [-0.05, 0) is 49.2 Å². The van der Waals surface area contributed by atoms with Crippen LogP contribution in [0.4, 0.5) is 5.69 Å². The van der Waals surface area contributed by atoms with Gasteiger partial charge in [0.05, 0.1) is 18.7 Å². The predicted octanol–water partition coefficient (Wildman–Crippen LogP) is 2.56. The summed E-state index contributed by atoms with van der Waals surface area (Å²) >= 11 is 0. The number of ether oxygens (including phenoxy) is 2. The molecule has 0 spiro atoms. The Morgan fingerprint density at radius 1 is 0.929 bits per heavy atom. The lowest BCUT2D eigenvalue weighted by Crippen LogP contribution is -2.35. The van der Waals surface area contributed by atoms with Crippen LogP contribution >= 0.6 is 0 Å². The summed E-state index contributed by atoms with van der Waals surface area (Å²) in [5, 5.41) is 5.17. The average Bonchev–Trinajstić information content (AvgIpc) is 2.71. The number of nitrogens with one attached hydrogen (secondary N) is 2. The molecule has 148 valence electrons. The molecule has 2 rings (SSSR count). The average molecular weight is 384 g/mol. The molecule has 0 fully saturated rings. The second-order valence-electron chi connectivity index (χ2n) is 5.87. The van der Waals surface area contributed by atoms with Crippen LogP contribution in [0.15, 0.2) is 48.5 Å². The summed E-state index contributed by atoms with van der Waals surface area (Å²) in [6, 6.07) is 13.9. The van der Waals surface area contributed by atoms with Crippen molar-refractivity contribution in [1.29, 1.82) is 0 Å². The van der Waals surface area contributed by atoms with Gasteiger partial charge in [-0.25, -0.2) is 4.79 Å². The Bertz CT molecular complexity index is 818. The third kappa shape index (κ3) is 6.42. The van der Waals surface area contributed by atoms with Crippen molar-refractivity contribution < 1.29 is 23.9 Å². The molecule has 2 N–H and O–H groups in total. The van der Waals surface area contributed by atoms with Crippen LogP contribution in [0.3, 0.4) is 0 Å². The van der Waals surface area contributed by atoms with Crippen LogP contribution in [-0.4, -0.2) is 37.5 Å². The van der Waals surface area contributed by atoms with Crippen molar-refractivity contribution in [2.24, 2.45) is 0 Å². The molecule has 0 aliphatic carbocycles. The number of aryl methyl sites for hydroxylation is 1. The van der Waals surface area contributed by atoms with Crippen molar-refractivity contribution in [3.05, 3.63) is 59.7 Å². The smallest absolute Gasteiger partial charge is 0.338 e. The summed E-state index contributed by atoms with van der Waals surface area (Å²) in [5.74, 6) is -0.891. The third-order valence-corrected chi connectivity index (χ3v) is 3.85. The molecule has 0 heterocycles. The highest BCUT2D eigenvalue weighted by Gasteiger charge is 2.12. The van der Waals surface area contributed by atoms with Gasteiger partial charge < -0.3 is 20.1 Å². The first kappa shape index (κ1) is 21.0. The zero-order chi connectivity index (χ0) is 20.4. The van der Waals surface area contributed by atoms with Gasteiger partial charge in [0, 0.05) is 5.69 Å². The van der Waals surface area contributed by atoms with E-state index in [0.717, 1.165) is 12.0 Å². The number of carbonyl (C=O) groups is 3. The number of para-hydroxylation sites is 1. The van der Waals surface area contributed by atoms with Gasteiger partial charge in [-0.15, -0.1) is 0 Å². The van der Waals surface area contributed by atoms with E-state index in [2.05, 4.69) is 10.6 Å². The Labute approximate surface area is 164 Å². The Kier molecular flexibility index (Phi) is 8.02. The van der Waals surface area contributed by atoms with Gasteiger partial charge in [-0.2, -0.15) is 0 Å². The molecular weight excluding hydrogens is 360 g/mol. The fourth-order valence-electron chi connectivity index (χ4n) is 2.44. The van der Waals surface area contributed by atoms with E-state index in [0.29, 0.717) is 23.6 Å². The van der Waals surface area contributed by atoms with Crippen molar-refractivity contribution in [1.82, 2.24) is 5.32 Å². The highest BCUT2D eigenvalue weighted by atomic mass is 16.5. The van der Waals surface area contributed by atoms with Gasteiger partial charge in [-0.1, -0.05) is 25.1 Å². The molecular formula is C21H24N2O5. The molecule has 2 aromatic rings. The topological polar surface area (TPSA) is 93.7 Å². The normalized spacial score (nSPS) is 10.1. The van der Waals surface area contributed by atoms with Crippen molar-refractivity contribution in [2.45, 2.75) is 20.3 Å². The number of amides is 2. The van der Waals surface area contributed by atoms with Gasteiger partial charge in [-0.3, -0.25) is 9.59 Å². The highest BCUT2D eigenvalue weighted by molar-refractivity contribution is 5.96. The fraction of sp³-hybridized carbons (Fsp3) is 0.286. The Balaban J connectivity index is 1.74. The first-order valence-electron chi connectivity index (χ1n) is 9.08. The van der Waals surface area contributed by atoms with Crippen LogP contribution in [0.2, 0.25) is 0 Å². The second kappa shape index (κ2) is 10.7. The summed E-state index contributed by atoms with van der Waals surface area (Å²) in [6.45, 7) is 3.71. The summed E-state index contributed by atoms with van der Waals surface area (Å²) in [6.07, 6.45) is 0.782. The van der Waals surface area contributed by atoms with Crippen LogP contribution in [-0.2, 0) is 20.7 Å². The molecule has 0 saturated carbocycles. The second-order valence-corrected chi connectivity index (χ2v) is 5.87. The van der Waals surface area contributed by atoms with E-state index in [4.69, 9.17) is 9.47 Å². The summed E-state index contributed by atoms with van der Waals surface area (Å²) < 4.78 is 10.2. The van der Waals surface area contributed by atoms with Gasteiger partial charge in [0.15, 0.2) is 6.61 Å². The minimum atomic E-state index is -0.625. The molecule has 7 heteroatoms. The van der Waals surface area contributed by atoms with E-state index in [1.807, 2.05) is 32.0 Å². The van der Waals surface area contributed by atoms with E-state index < -0.39 is 18.5 Å². The summed E-state index contributed by atoms with van der Waals surface area (Å²) in [4.78, 5) is 35.7. The molecule has 0 unspecified atom stereocenters. The quantitative estimate of drug-likeness (QED) is 0.648. The number of hydrogen-bond donors (Lipinski definition) is 2. The van der Waals surface area contributed by atoms with E-state index in [1.54, 1.807) is 30.3 Å². The van der Waals surface area contributed by atoms with Gasteiger partial charge in [0.1, 0.15) is 5.75 Å². The largest absolute Gasteiger partial charge is 0.494 e. The maximum atomic E-state index is 12.0. The molecule has 0 aliphatic heterocycles. The van der Waals surface area contributed by atoms with Crippen LogP contribution in [0.25, 0.3) is 0 Å². The molecule has 2 aromatic carbocycles. The van der Waals surface area contributed by atoms with Crippen molar-refractivity contribution in [3.8, 4) is 5.75 Å². The van der Waals surface area contributed by atoms with Crippen LogP contribution in [0, 0.1) is 0 Å². The Morgan fingerprint density at radius 3 is 2.32 bits per heavy atom. The van der Waals surface area contributed by atoms with Crippen molar-refractivity contribution in [2.75, 3.05) is 25.1 Å². The van der Waals surface area contributed by atoms with Crippen molar-refractivity contribution >= 4 is 23.5 Å². The first-order chi connectivity index (χ1) is 13.5. The predicted molar refractivity (Wildman–Crippen MR) is 105 cm³/mol. The zero-order valence-electron chi connectivity index (χ0n) is 16.0. The van der Waals surface area contributed by atoms with Gasteiger partial charge in [0.2, 0.25) is 5.91 Å².